The minimum Gasteiger partial charge on any atom is -0.487 e. The first-order chi connectivity index (χ1) is 16.8. The van der Waals surface area contributed by atoms with Crippen LogP contribution < -0.4 is 10.3 Å². The van der Waals surface area contributed by atoms with Crippen molar-refractivity contribution in [3.8, 4) is 11.4 Å². The predicted octanol–water partition coefficient (Wildman–Crippen LogP) is 7.21. The molecule has 0 fully saturated rings. The monoisotopic (exact) mass is 543 g/mol. The van der Waals surface area contributed by atoms with E-state index in [0.717, 1.165) is 22.3 Å². The van der Waals surface area contributed by atoms with Crippen molar-refractivity contribution < 1.29 is 22.3 Å². The first-order valence-electron chi connectivity index (χ1n) is 10.5. The van der Waals surface area contributed by atoms with E-state index < -0.39 is 34.5 Å². The van der Waals surface area contributed by atoms with E-state index in [9.17, 15) is 13.6 Å². The average molecular weight is 544 g/mol. The molecule has 4 rings (SSSR count). The zero-order valence-electron chi connectivity index (χ0n) is 18.4. The maximum absolute atomic E-state index is 15.3. The topological polar surface area (TPSA) is 31.2 Å². The predicted molar refractivity (Wildman–Crippen MR) is 130 cm³/mol. The zero-order chi connectivity index (χ0) is 25.1. The molecule has 0 aliphatic rings. The van der Waals surface area contributed by atoms with Crippen molar-refractivity contribution in [2.75, 3.05) is 0 Å². The van der Waals surface area contributed by atoms with E-state index in [1.165, 1.54) is 12.1 Å². The van der Waals surface area contributed by atoms with E-state index in [4.69, 9.17) is 4.74 Å². The van der Waals surface area contributed by atoms with Gasteiger partial charge in [-0.25, -0.2) is 17.6 Å². The quantitative estimate of drug-likeness (QED) is 0.190. The Bertz CT molecular complexity index is 1480. The maximum atomic E-state index is 15.3. The van der Waals surface area contributed by atoms with Crippen LogP contribution in [0.25, 0.3) is 17.8 Å². The molecule has 1 aromatic heterocycles. The number of hydrogen-bond acceptors (Lipinski definition) is 2. The normalized spacial score (nSPS) is 11.3. The van der Waals surface area contributed by atoms with Crippen LogP contribution in [0.1, 0.15) is 22.4 Å². The molecular formula is C27H18BrF4NO2. The van der Waals surface area contributed by atoms with Crippen molar-refractivity contribution in [2.24, 2.45) is 0 Å². The largest absolute Gasteiger partial charge is 0.487 e. The standard InChI is InChI=1S/C27H18BrF4NO2/c1-16-18(8-7-17-5-3-2-4-6-17)10-12-24(34)33(16)27-22(31)14-23(25(28)26(27)32)35-15-19-9-11-20(29)13-21(19)30/h2-14H,15H2,1H3. The molecule has 178 valence electrons. The molecule has 0 atom stereocenters. The van der Waals surface area contributed by atoms with Gasteiger partial charge in [-0.15, -0.1) is 0 Å². The highest BCUT2D eigenvalue weighted by molar-refractivity contribution is 9.10. The Hall–Kier alpha value is -3.65. The molecule has 0 aliphatic carbocycles. The number of hydrogen-bond donors (Lipinski definition) is 0. The lowest BCUT2D eigenvalue weighted by molar-refractivity contribution is 0.293. The van der Waals surface area contributed by atoms with Gasteiger partial charge < -0.3 is 4.74 Å². The van der Waals surface area contributed by atoms with Gasteiger partial charge in [0.05, 0.1) is 4.47 Å². The third-order valence-electron chi connectivity index (χ3n) is 5.36. The molecule has 0 unspecified atom stereocenters. The van der Waals surface area contributed by atoms with Gasteiger partial charge in [0, 0.05) is 29.5 Å². The van der Waals surface area contributed by atoms with Crippen LogP contribution in [-0.2, 0) is 6.61 Å². The Kier molecular flexibility index (Phi) is 7.21. The van der Waals surface area contributed by atoms with Crippen LogP contribution in [0, 0.1) is 30.2 Å². The zero-order valence-corrected chi connectivity index (χ0v) is 20.0. The van der Waals surface area contributed by atoms with Gasteiger partial charge in [-0.05, 0) is 52.2 Å². The molecule has 0 N–H and O–H groups in total. The van der Waals surface area contributed by atoms with E-state index in [1.807, 2.05) is 36.4 Å². The van der Waals surface area contributed by atoms with Crippen LogP contribution in [0.15, 0.2) is 76.0 Å². The second-order valence-corrected chi connectivity index (χ2v) is 8.44. The lowest BCUT2D eigenvalue weighted by Crippen LogP contribution is -2.23. The van der Waals surface area contributed by atoms with Crippen molar-refractivity contribution in [2.45, 2.75) is 13.5 Å². The molecule has 3 nitrogen and oxygen atoms in total. The Morgan fingerprint density at radius 1 is 0.914 bits per heavy atom. The van der Waals surface area contributed by atoms with Gasteiger partial charge in [-0.3, -0.25) is 9.36 Å². The van der Waals surface area contributed by atoms with E-state index >= 15 is 8.78 Å². The van der Waals surface area contributed by atoms with E-state index in [2.05, 4.69) is 15.9 Å². The van der Waals surface area contributed by atoms with Gasteiger partial charge in [0.25, 0.3) is 5.56 Å². The summed E-state index contributed by atoms with van der Waals surface area (Å²) in [5.74, 6) is -3.95. The van der Waals surface area contributed by atoms with Crippen molar-refractivity contribution in [1.82, 2.24) is 4.57 Å². The van der Waals surface area contributed by atoms with Crippen LogP contribution in [0.4, 0.5) is 17.6 Å². The van der Waals surface area contributed by atoms with Gasteiger partial charge in [0.15, 0.2) is 11.6 Å². The molecule has 0 saturated carbocycles. The smallest absolute Gasteiger partial charge is 0.255 e. The molecule has 8 heteroatoms. The summed E-state index contributed by atoms with van der Waals surface area (Å²) in [5, 5.41) is 0. The minimum atomic E-state index is -1.06. The summed E-state index contributed by atoms with van der Waals surface area (Å²) < 4.78 is 63.5. The molecule has 0 radical (unpaired) electrons. The number of rotatable bonds is 6. The highest BCUT2D eigenvalue weighted by atomic mass is 79.9. The number of pyridine rings is 1. The van der Waals surface area contributed by atoms with Gasteiger partial charge >= 0.3 is 0 Å². The summed E-state index contributed by atoms with van der Waals surface area (Å²) in [7, 11) is 0. The minimum absolute atomic E-state index is 0.00756. The maximum Gasteiger partial charge on any atom is 0.255 e. The second kappa shape index (κ2) is 10.3. The number of halogens is 5. The van der Waals surface area contributed by atoms with Crippen molar-refractivity contribution in [3.63, 3.8) is 0 Å². The molecule has 0 bridgehead atoms. The number of aromatic nitrogens is 1. The van der Waals surface area contributed by atoms with Crippen LogP contribution in [0.5, 0.6) is 5.75 Å². The molecular weight excluding hydrogens is 526 g/mol. The van der Waals surface area contributed by atoms with Crippen LogP contribution >= 0.6 is 15.9 Å². The summed E-state index contributed by atoms with van der Waals surface area (Å²) >= 11 is 3.05. The third kappa shape index (κ3) is 5.22. The van der Waals surface area contributed by atoms with E-state index in [0.29, 0.717) is 17.3 Å². The number of nitrogens with zero attached hydrogens (tertiary/aromatic N) is 1. The van der Waals surface area contributed by atoms with Crippen LogP contribution in [0.3, 0.4) is 0 Å². The molecule has 0 spiro atoms. The summed E-state index contributed by atoms with van der Waals surface area (Å²) in [6.45, 7) is 1.20. The Balaban J connectivity index is 1.70. The summed E-state index contributed by atoms with van der Waals surface area (Å²) in [6, 6.07) is 16.1. The Morgan fingerprint density at radius 3 is 2.37 bits per heavy atom. The molecule has 0 amide bonds. The summed E-state index contributed by atoms with van der Waals surface area (Å²) in [4.78, 5) is 12.6. The van der Waals surface area contributed by atoms with Crippen molar-refractivity contribution in [3.05, 3.63) is 127 Å². The molecule has 0 saturated heterocycles. The van der Waals surface area contributed by atoms with Gasteiger partial charge in [-0.1, -0.05) is 42.5 Å². The Morgan fingerprint density at radius 2 is 1.66 bits per heavy atom. The molecule has 4 aromatic rings. The highest BCUT2D eigenvalue weighted by Crippen LogP contribution is 2.35. The van der Waals surface area contributed by atoms with Gasteiger partial charge in [0.1, 0.15) is 29.7 Å². The SMILES string of the molecule is Cc1c(C=Cc2ccccc2)ccc(=O)n1-c1c(F)cc(OCc2ccc(F)cc2F)c(Br)c1F. The van der Waals surface area contributed by atoms with E-state index in [1.54, 1.807) is 19.1 Å². The lowest BCUT2D eigenvalue weighted by atomic mass is 10.1. The summed E-state index contributed by atoms with van der Waals surface area (Å²) in [6.07, 6.45) is 3.57. The van der Waals surface area contributed by atoms with E-state index in [-0.39, 0.29) is 22.4 Å². The fourth-order valence-corrected chi connectivity index (χ4v) is 3.94. The summed E-state index contributed by atoms with van der Waals surface area (Å²) in [5.41, 5.74) is 0.657. The average Bonchev–Trinajstić information content (AvgIpc) is 2.83. The highest BCUT2D eigenvalue weighted by Gasteiger charge is 2.22. The first kappa shape index (κ1) is 24.5. The van der Waals surface area contributed by atoms with Crippen LogP contribution in [-0.4, -0.2) is 4.57 Å². The fourth-order valence-electron chi connectivity index (χ4n) is 3.52. The molecule has 35 heavy (non-hydrogen) atoms. The van der Waals surface area contributed by atoms with Crippen molar-refractivity contribution in [1.29, 1.82) is 0 Å². The first-order valence-corrected chi connectivity index (χ1v) is 11.3. The fraction of sp³-hybridized carbons (Fsp3) is 0.0741. The molecule has 1 heterocycles. The third-order valence-corrected chi connectivity index (χ3v) is 6.10. The van der Waals surface area contributed by atoms with Gasteiger partial charge in [-0.2, -0.15) is 0 Å². The number of benzene rings is 3. The van der Waals surface area contributed by atoms with Crippen molar-refractivity contribution >= 4 is 28.1 Å². The van der Waals surface area contributed by atoms with Gasteiger partial charge in [0.2, 0.25) is 0 Å². The Labute approximate surface area is 207 Å². The molecule has 0 aliphatic heterocycles. The second-order valence-electron chi connectivity index (χ2n) is 7.65. The molecule has 3 aromatic carbocycles. The lowest BCUT2D eigenvalue weighted by Gasteiger charge is -2.17. The van der Waals surface area contributed by atoms with Crippen LogP contribution in [0.2, 0.25) is 0 Å². The number of ether oxygens (including phenoxy) is 1.